The van der Waals surface area contributed by atoms with Crippen molar-refractivity contribution in [2.45, 2.75) is 12.8 Å². The molecule has 4 nitrogen and oxygen atoms in total. The average Bonchev–Trinajstić information content (AvgIpc) is 2.19. The number of aliphatic carboxylic acids is 1. The molecule has 0 aliphatic carbocycles. The van der Waals surface area contributed by atoms with Gasteiger partial charge < -0.3 is 15.2 Å². The summed E-state index contributed by atoms with van der Waals surface area (Å²) in [5.41, 5.74) is 0.219. The average molecular weight is 199 g/mol. The topological polar surface area (TPSA) is 58.6 Å². The Bertz CT molecular complexity index is 209. The van der Waals surface area contributed by atoms with Crippen LogP contribution in [0.5, 0.6) is 0 Å². The number of carboxylic acids is 1. The molecule has 0 unspecified atom stereocenters. The maximum Gasteiger partial charge on any atom is 0.332 e. The number of hydrogen-bond acceptors (Lipinski definition) is 3. The van der Waals surface area contributed by atoms with Gasteiger partial charge in [0.1, 0.15) is 0 Å². The molecule has 80 valence electrons. The summed E-state index contributed by atoms with van der Waals surface area (Å²) < 4.78 is 5.23. The van der Waals surface area contributed by atoms with Crippen molar-refractivity contribution in [1.29, 1.82) is 0 Å². The molecule has 0 spiro atoms. The molecule has 1 aliphatic rings. The Morgan fingerprint density at radius 2 is 2.14 bits per heavy atom. The quantitative estimate of drug-likeness (QED) is 0.638. The molecule has 0 aromatic heterocycles. The monoisotopic (exact) mass is 199 g/mol. The summed E-state index contributed by atoms with van der Waals surface area (Å²) in [6.45, 7) is 6.33. The number of rotatable bonds is 5. The van der Waals surface area contributed by atoms with Crippen LogP contribution in [-0.2, 0) is 9.53 Å². The Morgan fingerprint density at radius 1 is 1.50 bits per heavy atom. The van der Waals surface area contributed by atoms with Crippen molar-refractivity contribution in [3.05, 3.63) is 12.2 Å². The zero-order chi connectivity index (χ0) is 10.4. The summed E-state index contributed by atoms with van der Waals surface area (Å²) in [6, 6.07) is 0. The molecule has 4 heteroatoms. The summed E-state index contributed by atoms with van der Waals surface area (Å²) in [4.78, 5) is 10.4. The zero-order valence-electron chi connectivity index (χ0n) is 8.29. The van der Waals surface area contributed by atoms with Gasteiger partial charge in [0, 0.05) is 25.3 Å². The van der Waals surface area contributed by atoms with Gasteiger partial charge >= 0.3 is 5.97 Å². The minimum atomic E-state index is -0.926. The third-order valence-electron chi connectivity index (χ3n) is 2.41. The van der Waals surface area contributed by atoms with Crippen LogP contribution in [0.4, 0.5) is 0 Å². The Hall–Kier alpha value is -0.870. The van der Waals surface area contributed by atoms with E-state index in [2.05, 4.69) is 11.9 Å². The smallest absolute Gasteiger partial charge is 0.332 e. The predicted molar refractivity (Wildman–Crippen MR) is 53.2 cm³/mol. The molecule has 1 rings (SSSR count). The van der Waals surface area contributed by atoms with Crippen molar-refractivity contribution < 1.29 is 14.6 Å². The van der Waals surface area contributed by atoms with E-state index in [4.69, 9.17) is 9.84 Å². The largest absolute Gasteiger partial charge is 0.478 e. The van der Waals surface area contributed by atoms with Crippen molar-refractivity contribution in [2.75, 3.05) is 26.3 Å². The van der Waals surface area contributed by atoms with Crippen LogP contribution in [0.25, 0.3) is 0 Å². The third-order valence-corrected chi connectivity index (χ3v) is 2.41. The molecule has 0 atom stereocenters. The molecule has 2 N–H and O–H groups in total. The molecule has 1 aliphatic heterocycles. The number of carboxylic acid groups (broad SMARTS) is 1. The summed E-state index contributed by atoms with van der Waals surface area (Å²) in [5.74, 6) is -0.310. The van der Waals surface area contributed by atoms with E-state index in [1.54, 1.807) is 0 Å². The minimum absolute atomic E-state index is 0.219. The van der Waals surface area contributed by atoms with Crippen molar-refractivity contribution >= 4 is 5.97 Å². The van der Waals surface area contributed by atoms with Gasteiger partial charge in [0.15, 0.2) is 0 Å². The fourth-order valence-corrected chi connectivity index (χ4v) is 1.45. The highest BCUT2D eigenvalue weighted by Crippen LogP contribution is 2.13. The second-order valence-corrected chi connectivity index (χ2v) is 3.60. The van der Waals surface area contributed by atoms with E-state index >= 15 is 0 Å². The Labute approximate surface area is 83.9 Å². The minimum Gasteiger partial charge on any atom is -0.478 e. The standard InChI is InChI=1S/C10H17NO3/c1-8(10(12)13)6-11-7-9-2-4-14-5-3-9/h9,11H,1-7H2,(H,12,13). The molecule has 1 heterocycles. The Balaban J connectivity index is 2.08. The van der Waals surface area contributed by atoms with Gasteiger partial charge in [0.05, 0.1) is 0 Å². The first kappa shape index (κ1) is 11.2. The van der Waals surface area contributed by atoms with Crippen LogP contribution in [0.2, 0.25) is 0 Å². The Kier molecular flexibility index (Phi) is 4.62. The summed E-state index contributed by atoms with van der Waals surface area (Å²) >= 11 is 0. The molecule has 1 fully saturated rings. The van der Waals surface area contributed by atoms with Gasteiger partial charge in [-0.25, -0.2) is 4.79 Å². The van der Waals surface area contributed by atoms with E-state index in [1.165, 1.54) is 0 Å². The molecular formula is C10H17NO3. The van der Waals surface area contributed by atoms with E-state index in [0.29, 0.717) is 12.5 Å². The number of ether oxygens (including phenoxy) is 1. The van der Waals surface area contributed by atoms with Crippen LogP contribution in [0, 0.1) is 5.92 Å². The van der Waals surface area contributed by atoms with Gasteiger partial charge in [-0.1, -0.05) is 6.58 Å². The number of hydrogen-bond donors (Lipinski definition) is 2. The lowest BCUT2D eigenvalue weighted by molar-refractivity contribution is -0.132. The second-order valence-electron chi connectivity index (χ2n) is 3.60. The lowest BCUT2D eigenvalue weighted by atomic mass is 10.0. The molecule has 0 aromatic rings. The van der Waals surface area contributed by atoms with E-state index in [1.807, 2.05) is 0 Å². The molecule has 0 bridgehead atoms. The van der Waals surface area contributed by atoms with Crippen LogP contribution >= 0.6 is 0 Å². The van der Waals surface area contributed by atoms with Crippen molar-refractivity contribution in [3.63, 3.8) is 0 Å². The highest BCUT2D eigenvalue weighted by atomic mass is 16.5. The predicted octanol–water partition coefficient (Wildman–Crippen LogP) is 0.643. The molecule has 14 heavy (non-hydrogen) atoms. The maximum atomic E-state index is 10.4. The van der Waals surface area contributed by atoms with Gasteiger partial charge in [-0.2, -0.15) is 0 Å². The van der Waals surface area contributed by atoms with Crippen LogP contribution in [0.15, 0.2) is 12.2 Å². The highest BCUT2D eigenvalue weighted by Gasteiger charge is 2.13. The first-order chi connectivity index (χ1) is 6.70. The van der Waals surface area contributed by atoms with Gasteiger partial charge in [-0.3, -0.25) is 0 Å². The van der Waals surface area contributed by atoms with E-state index < -0.39 is 5.97 Å². The summed E-state index contributed by atoms with van der Waals surface area (Å²) in [5, 5.41) is 11.7. The van der Waals surface area contributed by atoms with E-state index in [0.717, 1.165) is 32.6 Å². The molecular weight excluding hydrogens is 182 g/mol. The van der Waals surface area contributed by atoms with E-state index in [-0.39, 0.29) is 5.57 Å². The first-order valence-electron chi connectivity index (χ1n) is 4.89. The lowest BCUT2D eigenvalue weighted by Gasteiger charge is -2.22. The van der Waals surface area contributed by atoms with Crippen LogP contribution in [0.3, 0.4) is 0 Å². The van der Waals surface area contributed by atoms with Crippen LogP contribution < -0.4 is 5.32 Å². The Morgan fingerprint density at radius 3 is 2.71 bits per heavy atom. The molecule has 0 amide bonds. The fourth-order valence-electron chi connectivity index (χ4n) is 1.45. The molecule has 0 aromatic carbocycles. The van der Waals surface area contributed by atoms with Crippen LogP contribution in [-0.4, -0.2) is 37.4 Å². The normalized spacial score (nSPS) is 18.0. The van der Waals surface area contributed by atoms with Crippen molar-refractivity contribution in [2.24, 2.45) is 5.92 Å². The van der Waals surface area contributed by atoms with E-state index in [9.17, 15) is 4.79 Å². The van der Waals surface area contributed by atoms with Gasteiger partial charge in [0.2, 0.25) is 0 Å². The van der Waals surface area contributed by atoms with Crippen molar-refractivity contribution in [3.8, 4) is 0 Å². The van der Waals surface area contributed by atoms with Gasteiger partial charge in [0.25, 0.3) is 0 Å². The third kappa shape index (κ3) is 3.89. The highest BCUT2D eigenvalue weighted by molar-refractivity contribution is 5.86. The number of carbonyl (C=O) groups is 1. The SMILES string of the molecule is C=C(CNCC1CCOCC1)C(=O)O. The van der Waals surface area contributed by atoms with Gasteiger partial charge in [-0.05, 0) is 25.3 Å². The second kappa shape index (κ2) is 5.78. The maximum absolute atomic E-state index is 10.4. The summed E-state index contributed by atoms with van der Waals surface area (Å²) in [7, 11) is 0. The molecule has 0 radical (unpaired) electrons. The fraction of sp³-hybridized carbons (Fsp3) is 0.700. The lowest BCUT2D eigenvalue weighted by Crippen LogP contribution is -2.29. The van der Waals surface area contributed by atoms with Gasteiger partial charge in [-0.15, -0.1) is 0 Å². The molecule has 0 saturated carbocycles. The number of nitrogens with one attached hydrogen (secondary N) is 1. The van der Waals surface area contributed by atoms with Crippen molar-refractivity contribution in [1.82, 2.24) is 5.32 Å². The van der Waals surface area contributed by atoms with Crippen LogP contribution in [0.1, 0.15) is 12.8 Å². The molecule has 1 saturated heterocycles. The zero-order valence-corrected chi connectivity index (χ0v) is 8.29. The summed E-state index contributed by atoms with van der Waals surface area (Å²) in [6.07, 6.45) is 2.12. The first-order valence-corrected chi connectivity index (χ1v) is 4.89.